The quantitative estimate of drug-likeness (QED) is 0.815. The molecular formula is C13H12F3NO3. The molecule has 20 heavy (non-hydrogen) atoms. The van der Waals surface area contributed by atoms with Gasteiger partial charge in [-0.25, -0.2) is 0 Å². The minimum Gasteiger partial charge on any atom is -0.493 e. The maximum Gasteiger partial charge on any atom is 0.420 e. The molecule has 0 radical (unpaired) electrons. The molecule has 4 nitrogen and oxygen atoms in total. The number of halogens is 3. The third-order valence-electron chi connectivity index (χ3n) is 2.46. The van der Waals surface area contributed by atoms with Crippen LogP contribution < -0.4 is 4.74 Å². The van der Waals surface area contributed by atoms with Gasteiger partial charge in [0.25, 0.3) is 0 Å². The first-order chi connectivity index (χ1) is 9.34. The van der Waals surface area contributed by atoms with E-state index < -0.39 is 17.7 Å². The van der Waals surface area contributed by atoms with E-state index in [-0.39, 0.29) is 24.3 Å². The van der Waals surface area contributed by atoms with Crippen LogP contribution in [0, 0.1) is 11.3 Å². The van der Waals surface area contributed by atoms with Gasteiger partial charge in [-0.3, -0.25) is 4.79 Å². The molecule has 1 N–H and O–H groups in total. The molecule has 0 aliphatic heterocycles. The Balaban J connectivity index is 2.70. The van der Waals surface area contributed by atoms with Crippen molar-refractivity contribution in [3.8, 4) is 11.8 Å². The fraction of sp³-hybridized carbons (Fsp3) is 0.385. The molecule has 0 spiro atoms. The van der Waals surface area contributed by atoms with Crippen molar-refractivity contribution in [2.75, 3.05) is 6.61 Å². The third kappa shape index (κ3) is 4.80. The Bertz CT molecular complexity index is 521. The van der Waals surface area contributed by atoms with Crippen LogP contribution in [0.4, 0.5) is 13.2 Å². The predicted molar refractivity (Wildman–Crippen MR) is 63.1 cm³/mol. The molecule has 0 bridgehead atoms. The van der Waals surface area contributed by atoms with Crippen LogP contribution in [0.2, 0.25) is 0 Å². The van der Waals surface area contributed by atoms with E-state index in [1.54, 1.807) is 6.07 Å². The van der Waals surface area contributed by atoms with Crippen molar-refractivity contribution >= 4 is 5.97 Å². The zero-order chi connectivity index (χ0) is 15.2. The largest absolute Gasteiger partial charge is 0.493 e. The zero-order valence-electron chi connectivity index (χ0n) is 10.4. The highest BCUT2D eigenvalue weighted by Crippen LogP contribution is 2.36. The molecule has 0 aliphatic rings. The third-order valence-corrected chi connectivity index (χ3v) is 2.46. The number of aliphatic carboxylic acids is 1. The first-order valence-corrected chi connectivity index (χ1v) is 5.80. The summed E-state index contributed by atoms with van der Waals surface area (Å²) in [6.07, 6.45) is -4.00. The monoisotopic (exact) mass is 287 g/mol. The lowest BCUT2D eigenvalue weighted by molar-refractivity contribution is -0.139. The van der Waals surface area contributed by atoms with E-state index in [2.05, 4.69) is 0 Å². The first kappa shape index (κ1) is 15.8. The number of unbranched alkanes of at least 4 members (excludes halogenated alkanes) is 1. The summed E-state index contributed by atoms with van der Waals surface area (Å²) < 4.78 is 43.4. The average Bonchev–Trinajstić information content (AvgIpc) is 2.37. The van der Waals surface area contributed by atoms with Gasteiger partial charge < -0.3 is 9.84 Å². The normalized spacial score (nSPS) is 10.9. The summed E-state index contributed by atoms with van der Waals surface area (Å²) in [5.74, 6) is -1.31. The number of benzene rings is 1. The summed E-state index contributed by atoms with van der Waals surface area (Å²) in [5.41, 5.74) is -1.11. The van der Waals surface area contributed by atoms with Gasteiger partial charge in [0.05, 0.1) is 23.8 Å². The predicted octanol–water partition coefficient (Wildman–Crippen LogP) is 3.21. The van der Waals surface area contributed by atoms with Gasteiger partial charge in [-0.05, 0) is 31.0 Å². The fourth-order valence-electron chi connectivity index (χ4n) is 1.51. The van der Waals surface area contributed by atoms with Crippen LogP contribution >= 0.6 is 0 Å². The van der Waals surface area contributed by atoms with Crippen molar-refractivity contribution in [3.05, 3.63) is 29.3 Å². The molecule has 0 amide bonds. The maximum atomic E-state index is 12.8. The molecule has 0 fully saturated rings. The smallest absolute Gasteiger partial charge is 0.420 e. The van der Waals surface area contributed by atoms with Gasteiger partial charge in [0.2, 0.25) is 0 Å². The van der Waals surface area contributed by atoms with Gasteiger partial charge >= 0.3 is 12.1 Å². The Kier molecular flexibility index (Phi) is 5.38. The highest BCUT2D eigenvalue weighted by molar-refractivity contribution is 5.66. The lowest BCUT2D eigenvalue weighted by Gasteiger charge is -2.14. The van der Waals surface area contributed by atoms with Crippen molar-refractivity contribution in [1.82, 2.24) is 0 Å². The van der Waals surface area contributed by atoms with Gasteiger partial charge in [-0.1, -0.05) is 0 Å². The molecule has 7 heteroatoms. The summed E-state index contributed by atoms with van der Waals surface area (Å²) >= 11 is 0. The van der Waals surface area contributed by atoms with E-state index in [0.29, 0.717) is 12.8 Å². The summed E-state index contributed by atoms with van der Waals surface area (Å²) in [7, 11) is 0. The van der Waals surface area contributed by atoms with Crippen LogP contribution in [-0.2, 0) is 11.0 Å². The number of alkyl halides is 3. The minimum atomic E-state index is -4.61. The molecule has 0 aliphatic carbocycles. The van der Waals surface area contributed by atoms with E-state index >= 15 is 0 Å². The summed E-state index contributed by atoms with van der Waals surface area (Å²) in [6, 6.07) is 4.70. The van der Waals surface area contributed by atoms with E-state index in [9.17, 15) is 18.0 Å². The van der Waals surface area contributed by atoms with Crippen LogP contribution in [0.25, 0.3) is 0 Å². The van der Waals surface area contributed by atoms with Crippen LogP contribution in [0.5, 0.6) is 5.75 Å². The molecule has 1 rings (SSSR count). The summed E-state index contributed by atoms with van der Waals surface area (Å²) in [5, 5.41) is 17.0. The molecule has 0 saturated carbocycles. The molecule has 1 aromatic rings. The lowest BCUT2D eigenvalue weighted by atomic mass is 10.1. The van der Waals surface area contributed by atoms with Crippen molar-refractivity contribution < 1.29 is 27.8 Å². The van der Waals surface area contributed by atoms with Crippen molar-refractivity contribution in [2.24, 2.45) is 0 Å². The Hall–Kier alpha value is -2.23. The number of nitriles is 1. The lowest BCUT2D eigenvalue weighted by Crippen LogP contribution is -2.10. The van der Waals surface area contributed by atoms with Crippen LogP contribution in [-0.4, -0.2) is 17.7 Å². The summed E-state index contributed by atoms with van der Waals surface area (Å²) in [6.45, 7) is -0.0116. The number of nitrogens with zero attached hydrogens (tertiary/aromatic N) is 1. The molecule has 0 heterocycles. The van der Waals surface area contributed by atoms with Crippen LogP contribution in [0.3, 0.4) is 0 Å². The molecule has 108 valence electrons. The SMILES string of the molecule is N#Cc1ccc(OCCCCC(=O)O)c(C(F)(F)F)c1. The maximum absolute atomic E-state index is 12.8. The molecular weight excluding hydrogens is 275 g/mol. The van der Waals surface area contributed by atoms with E-state index in [4.69, 9.17) is 15.1 Å². The Morgan fingerprint density at radius 1 is 1.35 bits per heavy atom. The second-order valence-electron chi connectivity index (χ2n) is 4.02. The highest BCUT2D eigenvalue weighted by atomic mass is 19.4. The van der Waals surface area contributed by atoms with Crippen LogP contribution in [0.15, 0.2) is 18.2 Å². The number of hydrogen-bond donors (Lipinski definition) is 1. The van der Waals surface area contributed by atoms with Gasteiger partial charge in [0.15, 0.2) is 0 Å². The van der Waals surface area contributed by atoms with E-state index in [1.165, 1.54) is 6.07 Å². The van der Waals surface area contributed by atoms with Gasteiger partial charge in [-0.2, -0.15) is 18.4 Å². The molecule has 0 saturated heterocycles. The molecule has 0 atom stereocenters. The number of ether oxygens (including phenoxy) is 1. The van der Waals surface area contributed by atoms with Crippen molar-refractivity contribution in [1.29, 1.82) is 5.26 Å². The Morgan fingerprint density at radius 3 is 2.60 bits per heavy atom. The fourth-order valence-corrected chi connectivity index (χ4v) is 1.51. The van der Waals surface area contributed by atoms with Gasteiger partial charge in [0, 0.05) is 6.42 Å². The van der Waals surface area contributed by atoms with E-state index in [1.807, 2.05) is 0 Å². The number of carbonyl (C=O) groups is 1. The number of carboxylic acid groups (broad SMARTS) is 1. The minimum absolute atomic E-state index is 0.0116. The van der Waals surface area contributed by atoms with Crippen molar-refractivity contribution in [2.45, 2.75) is 25.4 Å². The zero-order valence-corrected chi connectivity index (χ0v) is 10.4. The second-order valence-corrected chi connectivity index (χ2v) is 4.02. The topological polar surface area (TPSA) is 70.3 Å². The number of rotatable bonds is 6. The number of carboxylic acids is 1. The van der Waals surface area contributed by atoms with Gasteiger partial charge in [0.1, 0.15) is 5.75 Å². The molecule has 0 aromatic heterocycles. The van der Waals surface area contributed by atoms with Gasteiger partial charge in [-0.15, -0.1) is 0 Å². The average molecular weight is 287 g/mol. The Labute approximate surface area is 113 Å². The number of hydrogen-bond acceptors (Lipinski definition) is 3. The van der Waals surface area contributed by atoms with E-state index in [0.717, 1.165) is 12.1 Å². The Morgan fingerprint density at radius 2 is 2.05 bits per heavy atom. The van der Waals surface area contributed by atoms with Crippen LogP contribution in [0.1, 0.15) is 30.4 Å². The standard InChI is InChI=1S/C13H12F3NO3/c14-13(15,16)10-7-9(8-17)4-5-11(10)20-6-2-1-3-12(18)19/h4-5,7H,1-3,6H2,(H,18,19). The van der Waals surface area contributed by atoms with Crippen molar-refractivity contribution in [3.63, 3.8) is 0 Å². The first-order valence-electron chi connectivity index (χ1n) is 5.80. The highest BCUT2D eigenvalue weighted by Gasteiger charge is 2.34. The second kappa shape index (κ2) is 6.80. The summed E-state index contributed by atoms with van der Waals surface area (Å²) in [4.78, 5) is 10.3. The molecule has 0 unspecified atom stereocenters. The molecule has 1 aromatic carbocycles.